The minimum Gasteiger partial charge on any atom is -0.481 e. The predicted octanol–water partition coefficient (Wildman–Crippen LogP) is 1.04. The maximum atomic E-state index is 12.1. The first-order chi connectivity index (χ1) is 8.40. The molecule has 5 heteroatoms. The summed E-state index contributed by atoms with van der Waals surface area (Å²) in [6.45, 7) is 3.53. The van der Waals surface area contributed by atoms with Gasteiger partial charge in [0.25, 0.3) is 0 Å². The van der Waals surface area contributed by atoms with Crippen molar-refractivity contribution in [3.05, 3.63) is 0 Å². The minimum atomic E-state index is -0.832. The molecule has 0 aromatic rings. The summed E-state index contributed by atoms with van der Waals surface area (Å²) in [5, 5.41) is 8.70. The first-order valence-corrected chi connectivity index (χ1v) is 6.56. The molecule has 0 spiro atoms. The summed E-state index contributed by atoms with van der Waals surface area (Å²) < 4.78 is 0. The van der Waals surface area contributed by atoms with E-state index in [0.29, 0.717) is 12.5 Å². The topological polar surface area (TPSA) is 60.9 Å². The molecular formula is C13H24N2O3. The SMILES string of the molecule is CC(CC(=O)O)CC(=O)N1CCCC1CN(C)C. The molecule has 1 amide bonds. The molecule has 1 saturated heterocycles. The molecule has 0 aliphatic carbocycles. The first-order valence-electron chi connectivity index (χ1n) is 6.56. The van der Waals surface area contributed by atoms with Crippen LogP contribution in [-0.2, 0) is 9.59 Å². The molecule has 1 fully saturated rings. The van der Waals surface area contributed by atoms with Crippen LogP contribution >= 0.6 is 0 Å². The molecule has 1 aliphatic rings. The zero-order valence-corrected chi connectivity index (χ0v) is 11.6. The van der Waals surface area contributed by atoms with Crippen LogP contribution in [0.15, 0.2) is 0 Å². The lowest BCUT2D eigenvalue weighted by molar-refractivity contribution is -0.138. The largest absolute Gasteiger partial charge is 0.481 e. The summed E-state index contributed by atoms with van der Waals surface area (Å²) in [6, 6.07) is 0.296. The third-order valence-electron chi connectivity index (χ3n) is 3.32. The van der Waals surface area contributed by atoms with Crippen LogP contribution in [0.3, 0.4) is 0 Å². The summed E-state index contributed by atoms with van der Waals surface area (Å²) >= 11 is 0. The Kier molecular flexibility index (Phi) is 5.59. The molecule has 2 atom stereocenters. The lowest BCUT2D eigenvalue weighted by Gasteiger charge is -2.28. The van der Waals surface area contributed by atoms with Gasteiger partial charge in [-0.3, -0.25) is 9.59 Å². The van der Waals surface area contributed by atoms with Crippen LogP contribution in [0.5, 0.6) is 0 Å². The van der Waals surface area contributed by atoms with Gasteiger partial charge in [-0.1, -0.05) is 6.92 Å². The number of nitrogens with zero attached hydrogens (tertiary/aromatic N) is 2. The second-order valence-electron chi connectivity index (χ2n) is 5.55. The monoisotopic (exact) mass is 256 g/mol. The zero-order valence-electron chi connectivity index (χ0n) is 11.6. The molecule has 0 saturated carbocycles. The van der Waals surface area contributed by atoms with Gasteiger partial charge in [-0.2, -0.15) is 0 Å². The maximum absolute atomic E-state index is 12.1. The highest BCUT2D eigenvalue weighted by molar-refractivity contribution is 5.78. The van der Waals surface area contributed by atoms with Gasteiger partial charge in [0.05, 0.1) is 0 Å². The van der Waals surface area contributed by atoms with Crippen molar-refractivity contribution in [2.45, 2.75) is 38.6 Å². The quantitative estimate of drug-likeness (QED) is 0.771. The third-order valence-corrected chi connectivity index (χ3v) is 3.32. The number of aliphatic carboxylic acids is 1. The number of carboxylic acid groups (broad SMARTS) is 1. The van der Waals surface area contributed by atoms with Gasteiger partial charge in [0.1, 0.15) is 0 Å². The van der Waals surface area contributed by atoms with Crippen LogP contribution in [0.4, 0.5) is 0 Å². The number of likely N-dealkylation sites (N-methyl/N-ethyl adjacent to an activating group) is 1. The molecule has 0 bridgehead atoms. The van der Waals surface area contributed by atoms with Gasteiger partial charge in [0.2, 0.25) is 5.91 Å². The molecule has 1 aliphatic heterocycles. The standard InChI is InChI=1S/C13H24N2O3/c1-10(8-13(17)18)7-12(16)15-6-4-5-11(15)9-14(2)3/h10-11H,4-9H2,1-3H3,(H,17,18). The molecule has 0 aromatic carbocycles. The number of carbonyl (C=O) groups excluding carboxylic acids is 1. The number of carboxylic acids is 1. The Bertz CT molecular complexity index is 305. The Morgan fingerprint density at radius 1 is 1.39 bits per heavy atom. The van der Waals surface area contributed by atoms with Gasteiger partial charge in [-0.25, -0.2) is 0 Å². The van der Waals surface area contributed by atoms with E-state index in [-0.39, 0.29) is 18.2 Å². The molecule has 104 valence electrons. The number of carbonyl (C=O) groups is 2. The normalized spacial score (nSPS) is 21.3. The number of hydrogen-bond donors (Lipinski definition) is 1. The van der Waals surface area contributed by atoms with Gasteiger partial charge >= 0.3 is 5.97 Å². The van der Waals surface area contributed by atoms with Gasteiger partial charge < -0.3 is 14.9 Å². The van der Waals surface area contributed by atoms with Crippen LogP contribution in [0.25, 0.3) is 0 Å². The molecule has 18 heavy (non-hydrogen) atoms. The summed E-state index contributed by atoms with van der Waals surface area (Å²) in [5.74, 6) is -0.815. The number of rotatable bonds is 6. The van der Waals surface area contributed by atoms with Crippen LogP contribution in [-0.4, -0.2) is 60.0 Å². The summed E-state index contributed by atoms with van der Waals surface area (Å²) in [5.41, 5.74) is 0. The fourth-order valence-electron chi connectivity index (χ4n) is 2.56. The van der Waals surface area contributed by atoms with E-state index < -0.39 is 5.97 Å². The average Bonchev–Trinajstić information content (AvgIpc) is 2.62. The van der Waals surface area contributed by atoms with E-state index in [1.54, 1.807) is 0 Å². The van der Waals surface area contributed by atoms with E-state index in [4.69, 9.17) is 5.11 Å². The van der Waals surface area contributed by atoms with Crippen molar-refractivity contribution in [2.75, 3.05) is 27.2 Å². The lowest BCUT2D eigenvalue weighted by atomic mass is 10.0. The Hall–Kier alpha value is -1.10. The van der Waals surface area contributed by atoms with E-state index in [0.717, 1.165) is 25.9 Å². The van der Waals surface area contributed by atoms with Crippen LogP contribution in [0.1, 0.15) is 32.6 Å². The Morgan fingerprint density at radius 3 is 2.61 bits per heavy atom. The van der Waals surface area contributed by atoms with Crippen molar-refractivity contribution in [3.8, 4) is 0 Å². The number of likely N-dealkylation sites (tertiary alicyclic amines) is 1. The van der Waals surface area contributed by atoms with Gasteiger partial charge in [-0.05, 0) is 32.9 Å². The summed E-state index contributed by atoms with van der Waals surface area (Å²) in [6.07, 6.45) is 2.52. The predicted molar refractivity (Wildman–Crippen MR) is 69.3 cm³/mol. The van der Waals surface area contributed by atoms with E-state index >= 15 is 0 Å². The highest BCUT2D eigenvalue weighted by atomic mass is 16.4. The third kappa shape index (κ3) is 4.64. The minimum absolute atomic E-state index is 0.0674. The molecule has 1 heterocycles. The number of hydrogen-bond acceptors (Lipinski definition) is 3. The van der Waals surface area contributed by atoms with Gasteiger partial charge in [0, 0.05) is 32.0 Å². The van der Waals surface area contributed by atoms with E-state index in [9.17, 15) is 9.59 Å². The second-order valence-corrected chi connectivity index (χ2v) is 5.55. The molecule has 1 rings (SSSR count). The van der Waals surface area contributed by atoms with Crippen LogP contribution in [0.2, 0.25) is 0 Å². The molecule has 0 radical (unpaired) electrons. The van der Waals surface area contributed by atoms with Crippen molar-refractivity contribution in [1.29, 1.82) is 0 Å². The van der Waals surface area contributed by atoms with Gasteiger partial charge in [-0.15, -0.1) is 0 Å². The van der Waals surface area contributed by atoms with E-state index in [1.807, 2.05) is 25.9 Å². The van der Waals surface area contributed by atoms with E-state index in [2.05, 4.69) is 4.90 Å². The first kappa shape index (κ1) is 15.0. The van der Waals surface area contributed by atoms with Crippen molar-refractivity contribution in [3.63, 3.8) is 0 Å². The second kappa shape index (κ2) is 6.73. The fraction of sp³-hybridized carbons (Fsp3) is 0.846. The van der Waals surface area contributed by atoms with Crippen molar-refractivity contribution >= 4 is 11.9 Å². The smallest absolute Gasteiger partial charge is 0.303 e. The van der Waals surface area contributed by atoms with Crippen molar-refractivity contribution in [1.82, 2.24) is 9.80 Å². The molecule has 2 unspecified atom stereocenters. The Balaban J connectivity index is 2.47. The van der Waals surface area contributed by atoms with E-state index in [1.165, 1.54) is 0 Å². The number of amides is 1. The van der Waals surface area contributed by atoms with Gasteiger partial charge in [0.15, 0.2) is 0 Å². The molecule has 5 nitrogen and oxygen atoms in total. The molecular weight excluding hydrogens is 232 g/mol. The van der Waals surface area contributed by atoms with Crippen molar-refractivity contribution in [2.24, 2.45) is 5.92 Å². The highest BCUT2D eigenvalue weighted by Crippen LogP contribution is 2.21. The lowest BCUT2D eigenvalue weighted by Crippen LogP contribution is -2.41. The summed E-state index contributed by atoms with van der Waals surface area (Å²) in [7, 11) is 4.02. The maximum Gasteiger partial charge on any atom is 0.303 e. The Labute approximate surface area is 109 Å². The van der Waals surface area contributed by atoms with Crippen LogP contribution < -0.4 is 0 Å². The highest BCUT2D eigenvalue weighted by Gasteiger charge is 2.29. The molecule has 1 N–H and O–H groups in total. The fourth-order valence-corrected chi connectivity index (χ4v) is 2.56. The summed E-state index contributed by atoms with van der Waals surface area (Å²) in [4.78, 5) is 26.8. The molecule has 0 aromatic heterocycles. The van der Waals surface area contributed by atoms with Crippen molar-refractivity contribution < 1.29 is 14.7 Å². The Morgan fingerprint density at radius 2 is 2.06 bits per heavy atom. The average molecular weight is 256 g/mol. The van der Waals surface area contributed by atoms with Crippen LogP contribution in [0, 0.1) is 5.92 Å². The zero-order chi connectivity index (χ0) is 13.7.